The lowest BCUT2D eigenvalue weighted by Crippen LogP contribution is -2.37. The average Bonchev–Trinajstić information content (AvgIpc) is 2.67. The fourth-order valence-corrected chi connectivity index (χ4v) is 1.89. The van der Waals surface area contributed by atoms with Crippen molar-refractivity contribution in [3.8, 4) is 0 Å². The first-order valence-electron chi connectivity index (χ1n) is 4.53. The summed E-state index contributed by atoms with van der Waals surface area (Å²) in [5.74, 6) is -0.214. The van der Waals surface area contributed by atoms with E-state index in [1.165, 1.54) is 4.90 Å². The van der Waals surface area contributed by atoms with E-state index in [-0.39, 0.29) is 5.84 Å². The Morgan fingerprint density at radius 1 is 1.27 bits per heavy atom. The third-order valence-electron chi connectivity index (χ3n) is 2.16. The minimum Gasteiger partial charge on any atom is -0.322 e. The summed E-state index contributed by atoms with van der Waals surface area (Å²) in [7, 11) is 0. The second-order valence-corrected chi connectivity index (χ2v) is 4.19. The molecule has 80 valence electrons. The first kappa shape index (κ1) is 10.5. The molecular weight excluding hydrogens is 266 g/mol. The molecule has 2 nitrogen and oxygen atoms in total. The van der Waals surface area contributed by atoms with Crippen molar-refractivity contribution < 1.29 is 8.78 Å². The molecule has 0 aliphatic carbocycles. The monoisotopic (exact) mass is 274 g/mol. The maximum absolute atomic E-state index is 13.1. The van der Waals surface area contributed by atoms with Crippen LogP contribution in [0.5, 0.6) is 0 Å². The van der Waals surface area contributed by atoms with Gasteiger partial charge in [0.25, 0.3) is 0 Å². The van der Waals surface area contributed by atoms with Crippen LogP contribution < -0.4 is 4.90 Å². The summed E-state index contributed by atoms with van der Waals surface area (Å²) in [6.45, 7) is 0.909. The van der Waals surface area contributed by atoms with Crippen LogP contribution in [0, 0.1) is 0 Å². The van der Waals surface area contributed by atoms with Gasteiger partial charge in [-0.25, -0.2) is 0 Å². The van der Waals surface area contributed by atoms with Gasteiger partial charge in [-0.1, -0.05) is 18.2 Å². The molecule has 0 fully saturated rings. The van der Waals surface area contributed by atoms with Crippen LogP contribution in [0.3, 0.4) is 0 Å². The predicted octanol–water partition coefficient (Wildman–Crippen LogP) is 2.89. The van der Waals surface area contributed by atoms with E-state index in [2.05, 4.69) is 20.9 Å². The summed E-state index contributed by atoms with van der Waals surface area (Å²) in [4.78, 5) is 2.28. The number of alkyl halides is 3. The Bertz CT molecular complexity index is 373. The standard InChI is InChI=1S/C10H9BrF2N2/c11-10(12,13)9-14-6-7-15(9)8-4-2-1-3-5-8/h1-5H,6-7H2. The molecule has 0 amide bonds. The predicted molar refractivity (Wildman–Crippen MR) is 60.0 cm³/mol. The van der Waals surface area contributed by atoms with Gasteiger partial charge in [0.2, 0.25) is 0 Å². The lowest BCUT2D eigenvalue weighted by molar-refractivity contribution is 0.192. The minimum atomic E-state index is -3.06. The first-order valence-corrected chi connectivity index (χ1v) is 5.32. The Balaban J connectivity index is 2.29. The Morgan fingerprint density at radius 2 is 1.93 bits per heavy atom. The number of para-hydroxylation sites is 1. The van der Waals surface area contributed by atoms with Gasteiger partial charge in [0.1, 0.15) is 0 Å². The van der Waals surface area contributed by atoms with Gasteiger partial charge in [0.15, 0.2) is 5.84 Å². The van der Waals surface area contributed by atoms with Gasteiger partial charge >= 0.3 is 4.83 Å². The van der Waals surface area contributed by atoms with Crippen molar-refractivity contribution in [3.05, 3.63) is 30.3 Å². The van der Waals surface area contributed by atoms with E-state index in [0.717, 1.165) is 5.69 Å². The van der Waals surface area contributed by atoms with Gasteiger partial charge < -0.3 is 4.90 Å². The van der Waals surface area contributed by atoms with E-state index in [4.69, 9.17) is 0 Å². The van der Waals surface area contributed by atoms with E-state index in [9.17, 15) is 8.78 Å². The SMILES string of the molecule is FC(F)(Br)C1=NCCN1c1ccccc1. The van der Waals surface area contributed by atoms with Crippen LogP contribution in [0.2, 0.25) is 0 Å². The summed E-state index contributed by atoms with van der Waals surface area (Å²) in [6, 6.07) is 9.07. The molecule has 0 unspecified atom stereocenters. The van der Waals surface area contributed by atoms with Crippen LogP contribution in [-0.4, -0.2) is 23.8 Å². The van der Waals surface area contributed by atoms with Crippen molar-refractivity contribution in [2.24, 2.45) is 4.99 Å². The van der Waals surface area contributed by atoms with Gasteiger partial charge in [0, 0.05) is 12.2 Å². The molecule has 5 heteroatoms. The topological polar surface area (TPSA) is 15.6 Å². The molecule has 2 rings (SSSR count). The first-order chi connectivity index (χ1) is 7.09. The number of halogens is 3. The van der Waals surface area contributed by atoms with Crippen molar-refractivity contribution >= 4 is 27.5 Å². The average molecular weight is 275 g/mol. The molecule has 0 N–H and O–H groups in total. The molecule has 0 saturated carbocycles. The third-order valence-corrected chi connectivity index (χ3v) is 2.52. The summed E-state index contributed by atoms with van der Waals surface area (Å²) in [6.07, 6.45) is 0. The largest absolute Gasteiger partial charge is 0.357 e. The zero-order valence-corrected chi connectivity index (χ0v) is 9.42. The van der Waals surface area contributed by atoms with E-state index in [0.29, 0.717) is 13.1 Å². The van der Waals surface area contributed by atoms with Gasteiger partial charge in [-0.3, -0.25) is 4.99 Å². The molecule has 1 aliphatic heterocycles. The smallest absolute Gasteiger partial charge is 0.322 e. The van der Waals surface area contributed by atoms with Crippen LogP contribution in [0.25, 0.3) is 0 Å². The molecule has 1 aliphatic rings. The van der Waals surface area contributed by atoms with Crippen LogP contribution in [0.4, 0.5) is 14.5 Å². The Kier molecular flexibility index (Phi) is 2.73. The van der Waals surface area contributed by atoms with Gasteiger partial charge in [0.05, 0.1) is 6.54 Å². The molecule has 1 aromatic carbocycles. The van der Waals surface area contributed by atoms with Crippen molar-refractivity contribution in [2.45, 2.75) is 4.83 Å². The van der Waals surface area contributed by atoms with Gasteiger partial charge in [-0.05, 0) is 28.1 Å². The summed E-state index contributed by atoms with van der Waals surface area (Å²) in [5.41, 5.74) is 0.743. The number of nitrogens with zero attached hydrogens (tertiary/aromatic N) is 2. The number of aliphatic imine (C=N–C) groups is 1. The second kappa shape index (κ2) is 3.89. The molecular formula is C10H9BrF2N2. The van der Waals surface area contributed by atoms with Crippen LogP contribution in [-0.2, 0) is 0 Å². The molecule has 15 heavy (non-hydrogen) atoms. The fourth-order valence-electron chi connectivity index (χ4n) is 1.55. The lowest BCUT2D eigenvalue weighted by atomic mass is 10.3. The number of amidine groups is 1. The highest BCUT2D eigenvalue weighted by Crippen LogP contribution is 2.30. The highest BCUT2D eigenvalue weighted by molar-refractivity contribution is 9.10. The number of benzene rings is 1. The third kappa shape index (κ3) is 2.17. The molecule has 0 radical (unpaired) electrons. The van der Waals surface area contributed by atoms with E-state index >= 15 is 0 Å². The van der Waals surface area contributed by atoms with Gasteiger partial charge in [-0.2, -0.15) is 8.78 Å². The van der Waals surface area contributed by atoms with Crippen molar-refractivity contribution in [1.29, 1.82) is 0 Å². The maximum atomic E-state index is 13.1. The lowest BCUT2D eigenvalue weighted by Gasteiger charge is -2.22. The molecule has 0 atom stereocenters. The van der Waals surface area contributed by atoms with E-state index in [1.807, 2.05) is 18.2 Å². The number of anilines is 1. The Hall–Kier alpha value is -0.970. The quantitative estimate of drug-likeness (QED) is 0.758. The number of hydrogen-bond donors (Lipinski definition) is 0. The van der Waals surface area contributed by atoms with Crippen molar-refractivity contribution in [2.75, 3.05) is 18.0 Å². The highest BCUT2D eigenvalue weighted by atomic mass is 79.9. The zero-order chi connectivity index (χ0) is 10.9. The normalized spacial score (nSPS) is 16.7. The van der Waals surface area contributed by atoms with Crippen LogP contribution in [0.1, 0.15) is 0 Å². The number of hydrogen-bond acceptors (Lipinski definition) is 2. The van der Waals surface area contributed by atoms with E-state index < -0.39 is 4.83 Å². The molecule has 1 heterocycles. The number of rotatable bonds is 2. The fraction of sp³-hybridized carbons (Fsp3) is 0.300. The molecule has 0 saturated heterocycles. The Labute approximate surface area is 94.7 Å². The van der Waals surface area contributed by atoms with Gasteiger partial charge in [-0.15, -0.1) is 0 Å². The molecule has 0 bridgehead atoms. The minimum absolute atomic E-state index is 0.214. The van der Waals surface area contributed by atoms with Crippen LogP contribution in [0.15, 0.2) is 35.3 Å². The molecule has 0 aromatic heterocycles. The zero-order valence-electron chi connectivity index (χ0n) is 7.83. The van der Waals surface area contributed by atoms with Crippen molar-refractivity contribution in [3.63, 3.8) is 0 Å². The summed E-state index contributed by atoms with van der Waals surface area (Å²) in [5, 5.41) is 0. The summed E-state index contributed by atoms with van der Waals surface area (Å²) >= 11 is 2.34. The molecule has 0 spiro atoms. The summed E-state index contributed by atoms with van der Waals surface area (Å²) < 4.78 is 26.2. The Morgan fingerprint density at radius 3 is 2.53 bits per heavy atom. The van der Waals surface area contributed by atoms with Crippen molar-refractivity contribution in [1.82, 2.24) is 0 Å². The molecule has 1 aromatic rings. The van der Waals surface area contributed by atoms with Crippen LogP contribution >= 0.6 is 15.9 Å². The highest BCUT2D eigenvalue weighted by Gasteiger charge is 2.39. The second-order valence-electron chi connectivity index (χ2n) is 3.19. The maximum Gasteiger partial charge on any atom is 0.357 e. The van der Waals surface area contributed by atoms with E-state index in [1.54, 1.807) is 12.1 Å².